The molecule has 5 N–H and O–H groups in total. The van der Waals surface area contributed by atoms with Crippen LogP contribution in [0.15, 0.2) is 42.9 Å². The van der Waals surface area contributed by atoms with E-state index in [-0.39, 0.29) is 34.9 Å². The molecule has 18 heteroatoms. The summed E-state index contributed by atoms with van der Waals surface area (Å²) < 4.78 is 4.23. The molecule has 0 fully saturated rings. The molecule has 0 unspecified atom stereocenters. The smallest absolute Gasteiger partial charge is 0.292 e. The summed E-state index contributed by atoms with van der Waals surface area (Å²) in [7, 11) is 6.51. The summed E-state index contributed by atoms with van der Waals surface area (Å²) in [6.07, 6.45) is 4.36. The quantitative estimate of drug-likeness (QED) is 0.155. The summed E-state index contributed by atoms with van der Waals surface area (Å²) in [6.45, 7) is 1.24. The number of carbonyl (C=O) groups is 4. The minimum atomic E-state index is -0.773. The first-order chi connectivity index (χ1) is 21.4. The molecular formula is C27H32Cl2N12O4. The number of carbonyl (C=O) groups excluding carboxylic acids is 4. The lowest BCUT2D eigenvalue weighted by atomic mass is 10.2. The van der Waals surface area contributed by atoms with Crippen LogP contribution in [0.3, 0.4) is 0 Å². The van der Waals surface area contributed by atoms with Crippen LogP contribution in [0.4, 0.5) is 23.1 Å². The van der Waals surface area contributed by atoms with Crippen LogP contribution in [0.2, 0.25) is 0 Å². The Hall–Kier alpha value is -5.09. The van der Waals surface area contributed by atoms with E-state index < -0.39 is 23.6 Å². The van der Waals surface area contributed by atoms with Crippen molar-refractivity contribution in [2.75, 3.05) is 64.8 Å². The monoisotopic (exact) mass is 658 g/mol. The SMILES string of the molecule is CN(C)n1cc(NC(=O)c2nc(NC(=O)c3nc(NC(=O)c4ccc(N(CCCl)CCCl)cc4)cn3C)cn2C)nc1C(N)=O. The molecule has 3 aromatic heterocycles. The summed E-state index contributed by atoms with van der Waals surface area (Å²) in [6, 6.07) is 6.97. The number of primary amides is 1. The van der Waals surface area contributed by atoms with Gasteiger partial charge in [-0.1, -0.05) is 0 Å². The molecule has 16 nitrogen and oxygen atoms in total. The second-order valence-electron chi connectivity index (χ2n) is 9.90. The summed E-state index contributed by atoms with van der Waals surface area (Å²) in [5.74, 6) is -1.37. The maximum atomic E-state index is 13.0. The number of hydrogen-bond acceptors (Lipinski definition) is 9. The zero-order valence-electron chi connectivity index (χ0n) is 24.9. The van der Waals surface area contributed by atoms with E-state index in [0.29, 0.717) is 30.4 Å². The average Bonchev–Trinajstić information content (AvgIpc) is 3.69. The highest BCUT2D eigenvalue weighted by atomic mass is 35.5. The van der Waals surface area contributed by atoms with Gasteiger partial charge in [0.2, 0.25) is 17.5 Å². The van der Waals surface area contributed by atoms with Gasteiger partial charge in [-0.3, -0.25) is 19.2 Å². The number of nitrogens with zero attached hydrogens (tertiary/aromatic N) is 8. The second-order valence-corrected chi connectivity index (χ2v) is 10.7. The van der Waals surface area contributed by atoms with Gasteiger partial charge in [-0.2, -0.15) is 0 Å². The van der Waals surface area contributed by atoms with Crippen molar-refractivity contribution in [2.24, 2.45) is 19.8 Å². The van der Waals surface area contributed by atoms with E-state index in [1.165, 1.54) is 32.4 Å². The molecule has 0 bridgehead atoms. The molecule has 4 rings (SSSR count). The third-order valence-electron chi connectivity index (χ3n) is 6.43. The van der Waals surface area contributed by atoms with Crippen molar-refractivity contribution in [3.8, 4) is 0 Å². The fourth-order valence-corrected chi connectivity index (χ4v) is 4.72. The van der Waals surface area contributed by atoms with E-state index in [0.717, 1.165) is 5.69 Å². The van der Waals surface area contributed by atoms with Crippen LogP contribution in [0.25, 0.3) is 0 Å². The number of nitrogens with two attached hydrogens (primary N) is 1. The number of imidazole rings is 3. The molecule has 238 valence electrons. The molecular weight excluding hydrogens is 627 g/mol. The van der Waals surface area contributed by atoms with Gasteiger partial charge in [0.15, 0.2) is 17.5 Å². The highest BCUT2D eigenvalue weighted by Crippen LogP contribution is 2.18. The Morgan fingerprint density at radius 2 is 1.18 bits per heavy atom. The van der Waals surface area contributed by atoms with E-state index in [2.05, 4.69) is 30.9 Å². The van der Waals surface area contributed by atoms with Crippen molar-refractivity contribution in [1.29, 1.82) is 0 Å². The minimum absolute atomic E-state index is 0.0108. The lowest BCUT2D eigenvalue weighted by Gasteiger charge is -2.22. The van der Waals surface area contributed by atoms with Gasteiger partial charge in [0.25, 0.3) is 23.6 Å². The number of nitrogens with one attached hydrogen (secondary N) is 3. The van der Waals surface area contributed by atoms with Gasteiger partial charge in [-0.05, 0) is 24.3 Å². The van der Waals surface area contributed by atoms with Crippen LogP contribution >= 0.6 is 23.2 Å². The third-order valence-corrected chi connectivity index (χ3v) is 6.76. The standard InChI is InChI=1S/C27H32Cl2N12O4/c1-37(2)41-15-20(31-22(41)21(30)42)36-27(45)24-33-19(14-39(24)4)35-26(44)23-32-18(13-38(23)3)34-25(43)16-5-7-17(8-6-16)40(11-9-28)12-10-29/h5-8,13-15H,9-12H2,1-4H3,(H2,30,42)(H,34,43)(H,35,44)(H,36,45). The third kappa shape index (κ3) is 7.71. The van der Waals surface area contributed by atoms with Crippen molar-refractivity contribution >= 4 is 70.0 Å². The number of rotatable bonds is 13. The van der Waals surface area contributed by atoms with Crippen molar-refractivity contribution in [3.05, 3.63) is 65.9 Å². The first kappa shape index (κ1) is 32.8. The highest BCUT2D eigenvalue weighted by Gasteiger charge is 2.22. The largest absolute Gasteiger partial charge is 0.369 e. The molecule has 0 saturated heterocycles. The predicted octanol–water partition coefficient (Wildman–Crippen LogP) is 1.69. The average molecular weight is 660 g/mol. The fourth-order valence-electron chi connectivity index (χ4n) is 4.31. The number of benzene rings is 1. The Morgan fingerprint density at radius 3 is 1.60 bits per heavy atom. The zero-order valence-corrected chi connectivity index (χ0v) is 26.4. The normalized spacial score (nSPS) is 10.8. The Morgan fingerprint density at radius 1 is 0.733 bits per heavy atom. The highest BCUT2D eigenvalue weighted by molar-refractivity contribution is 6.18. The van der Waals surface area contributed by atoms with Crippen LogP contribution in [-0.4, -0.2) is 91.3 Å². The molecule has 0 spiro atoms. The molecule has 0 saturated carbocycles. The molecule has 0 aliphatic carbocycles. The Kier molecular flexibility index (Phi) is 10.3. The summed E-state index contributed by atoms with van der Waals surface area (Å²) >= 11 is 11.8. The van der Waals surface area contributed by atoms with Gasteiger partial charge in [0.1, 0.15) is 0 Å². The molecule has 0 radical (unpaired) electrons. The summed E-state index contributed by atoms with van der Waals surface area (Å²) in [5, 5.41) is 9.41. The summed E-state index contributed by atoms with van der Waals surface area (Å²) in [4.78, 5) is 65.0. The van der Waals surface area contributed by atoms with Crippen LogP contribution in [0.5, 0.6) is 0 Å². The van der Waals surface area contributed by atoms with Crippen LogP contribution in [0, 0.1) is 0 Å². The number of alkyl halides is 2. The van der Waals surface area contributed by atoms with Gasteiger partial charge in [0, 0.05) is 76.7 Å². The number of hydrogen-bond donors (Lipinski definition) is 4. The number of amides is 4. The van der Waals surface area contributed by atoms with E-state index in [1.54, 1.807) is 57.5 Å². The maximum Gasteiger partial charge on any atom is 0.292 e. The van der Waals surface area contributed by atoms with E-state index >= 15 is 0 Å². The number of aryl methyl sites for hydroxylation is 2. The Labute approximate surface area is 268 Å². The van der Waals surface area contributed by atoms with Crippen LogP contribution in [0.1, 0.15) is 42.2 Å². The van der Waals surface area contributed by atoms with Gasteiger partial charge in [-0.15, -0.1) is 23.2 Å². The topological polar surface area (TPSA) is 190 Å². The molecule has 3 heterocycles. The van der Waals surface area contributed by atoms with Crippen LogP contribution in [-0.2, 0) is 14.1 Å². The molecule has 1 aromatic carbocycles. The Bertz CT molecular complexity index is 1700. The summed E-state index contributed by atoms with van der Waals surface area (Å²) in [5.41, 5.74) is 6.65. The van der Waals surface area contributed by atoms with Crippen molar-refractivity contribution in [2.45, 2.75) is 0 Å². The lowest BCUT2D eigenvalue weighted by molar-refractivity contribution is 0.0981. The Balaban J connectivity index is 1.41. The second kappa shape index (κ2) is 14.1. The van der Waals surface area contributed by atoms with Gasteiger partial charge < -0.3 is 40.7 Å². The van der Waals surface area contributed by atoms with Crippen LogP contribution < -0.4 is 31.6 Å². The first-order valence-electron chi connectivity index (χ1n) is 13.5. The lowest BCUT2D eigenvalue weighted by Crippen LogP contribution is -2.30. The minimum Gasteiger partial charge on any atom is -0.369 e. The van der Waals surface area contributed by atoms with E-state index in [4.69, 9.17) is 28.9 Å². The van der Waals surface area contributed by atoms with E-state index in [1.807, 2.05) is 4.90 Å². The predicted molar refractivity (Wildman–Crippen MR) is 171 cm³/mol. The zero-order chi connectivity index (χ0) is 32.8. The molecule has 45 heavy (non-hydrogen) atoms. The van der Waals surface area contributed by atoms with Crippen molar-refractivity contribution < 1.29 is 19.2 Å². The van der Waals surface area contributed by atoms with E-state index in [9.17, 15) is 19.2 Å². The molecule has 0 aliphatic rings. The maximum absolute atomic E-state index is 13.0. The molecule has 4 aromatic rings. The number of halogens is 2. The van der Waals surface area contributed by atoms with Gasteiger partial charge in [0.05, 0.1) is 6.20 Å². The fraction of sp³-hybridized carbons (Fsp3) is 0.296. The number of anilines is 4. The number of aromatic nitrogens is 6. The van der Waals surface area contributed by atoms with Gasteiger partial charge >= 0.3 is 0 Å². The van der Waals surface area contributed by atoms with Crippen molar-refractivity contribution in [1.82, 2.24) is 28.8 Å². The molecule has 0 atom stereocenters. The first-order valence-corrected chi connectivity index (χ1v) is 14.5. The molecule has 4 amide bonds. The van der Waals surface area contributed by atoms with Crippen molar-refractivity contribution in [3.63, 3.8) is 0 Å². The molecule has 0 aliphatic heterocycles. The van der Waals surface area contributed by atoms with Gasteiger partial charge in [-0.25, -0.2) is 19.6 Å².